The van der Waals surface area contributed by atoms with Gasteiger partial charge in [-0.3, -0.25) is 9.69 Å². The van der Waals surface area contributed by atoms with Gasteiger partial charge in [0.15, 0.2) is 0 Å². The van der Waals surface area contributed by atoms with Crippen LogP contribution in [0.25, 0.3) is 22.1 Å². The predicted octanol–water partition coefficient (Wildman–Crippen LogP) is 6.24. The fourth-order valence-corrected chi connectivity index (χ4v) is 4.74. The van der Waals surface area contributed by atoms with Crippen molar-refractivity contribution >= 4 is 34.2 Å². The summed E-state index contributed by atoms with van der Waals surface area (Å²) in [5.41, 5.74) is 1.86. The Morgan fingerprint density at radius 3 is 2.76 bits per heavy atom. The third-order valence-electron chi connectivity index (χ3n) is 5.82. The van der Waals surface area contributed by atoms with Gasteiger partial charge in [0.25, 0.3) is 0 Å². The molecule has 0 bridgehead atoms. The minimum absolute atomic E-state index is 0.151. The van der Waals surface area contributed by atoms with Crippen LogP contribution in [0.5, 0.6) is 5.75 Å². The van der Waals surface area contributed by atoms with E-state index in [4.69, 9.17) is 27.6 Å². The molecule has 0 aliphatic carbocycles. The molecule has 0 saturated carbocycles. The quantitative estimate of drug-likeness (QED) is 0.531. The van der Waals surface area contributed by atoms with Gasteiger partial charge in [0.1, 0.15) is 17.6 Å². The summed E-state index contributed by atoms with van der Waals surface area (Å²) in [6.07, 6.45) is 6.03. The molecule has 4 nitrogen and oxygen atoms in total. The van der Waals surface area contributed by atoms with Crippen molar-refractivity contribution in [2.24, 2.45) is 0 Å². The van der Waals surface area contributed by atoms with Gasteiger partial charge in [-0.15, -0.1) is 0 Å². The summed E-state index contributed by atoms with van der Waals surface area (Å²) >= 11 is 12.3. The third kappa shape index (κ3) is 3.89. The van der Waals surface area contributed by atoms with Gasteiger partial charge in [-0.2, -0.15) is 0 Å². The van der Waals surface area contributed by atoms with Crippen LogP contribution in [-0.2, 0) is 6.54 Å². The zero-order valence-electron chi connectivity index (χ0n) is 16.3. The van der Waals surface area contributed by atoms with E-state index >= 15 is 0 Å². The molecule has 1 N–H and O–H groups in total. The Balaban J connectivity index is 1.80. The van der Waals surface area contributed by atoms with Crippen molar-refractivity contribution in [2.45, 2.75) is 45.2 Å². The number of phenolic OH excluding ortho intramolecular Hbond substituents is 1. The average molecular weight is 432 g/mol. The molecule has 0 spiro atoms. The molecule has 1 saturated heterocycles. The number of phenols is 1. The number of likely N-dealkylation sites (tertiary alicyclic amines) is 1. The van der Waals surface area contributed by atoms with E-state index in [9.17, 15) is 9.90 Å². The molecule has 152 valence electrons. The summed E-state index contributed by atoms with van der Waals surface area (Å²) in [5, 5.41) is 11.9. The highest BCUT2D eigenvalue weighted by atomic mass is 35.5. The standard InChI is InChI=1S/C23H23Cl2NO3/c1-2-15-5-3-4-10-26(15)12-18-21(27)9-8-17-22(28)19(13-29-23(17)18)16-7-6-14(24)11-20(16)25/h6-9,11,13,15,27H,2-5,10,12H2,1H3. The SMILES string of the molecule is CCC1CCCCN1Cc1c(O)ccc2c(=O)c(-c3ccc(Cl)cc3Cl)coc12. The molecule has 1 atom stereocenters. The van der Waals surface area contributed by atoms with E-state index in [-0.39, 0.29) is 11.2 Å². The van der Waals surface area contributed by atoms with E-state index in [1.165, 1.54) is 12.7 Å². The summed E-state index contributed by atoms with van der Waals surface area (Å²) in [5.74, 6) is 0.151. The monoisotopic (exact) mass is 431 g/mol. The van der Waals surface area contributed by atoms with Crippen molar-refractivity contribution in [2.75, 3.05) is 6.54 Å². The van der Waals surface area contributed by atoms with E-state index in [1.54, 1.807) is 30.3 Å². The van der Waals surface area contributed by atoms with Gasteiger partial charge < -0.3 is 9.52 Å². The second-order valence-corrected chi connectivity index (χ2v) is 8.41. The van der Waals surface area contributed by atoms with Crippen molar-refractivity contribution < 1.29 is 9.52 Å². The van der Waals surface area contributed by atoms with Crippen LogP contribution in [0.4, 0.5) is 0 Å². The van der Waals surface area contributed by atoms with Gasteiger partial charge in [0.2, 0.25) is 5.43 Å². The smallest absolute Gasteiger partial charge is 0.200 e. The van der Waals surface area contributed by atoms with Gasteiger partial charge in [0, 0.05) is 23.2 Å². The van der Waals surface area contributed by atoms with E-state index in [1.807, 2.05) is 0 Å². The molecular weight excluding hydrogens is 409 g/mol. The number of hydrogen-bond donors (Lipinski definition) is 1. The van der Waals surface area contributed by atoms with Gasteiger partial charge >= 0.3 is 0 Å². The normalized spacial score (nSPS) is 17.7. The van der Waals surface area contributed by atoms with Crippen LogP contribution >= 0.6 is 23.2 Å². The molecule has 2 heterocycles. The zero-order chi connectivity index (χ0) is 20.5. The van der Waals surface area contributed by atoms with Gasteiger partial charge in [-0.05, 0) is 50.1 Å². The molecule has 1 aromatic heterocycles. The molecule has 6 heteroatoms. The first-order valence-electron chi connectivity index (χ1n) is 9.95. The van der Waals surface area contributed by atoms with Crippen LogP contribution in [0.1, 0.15) is 38.2 Å². The maximum atomic E-state index is 13.2. The van der Waals surface area contributed by atoms with Crippen LogP contribution in [0, 0.1) is 0 Å². The molecule has 29 heavy (non-hydrogen) atoms. The number of benzene rings is 2. The molecule has 0 amide bonds. The first kappa shape index (κ1) is 20.3. The molecule has 4 rings (SSSR count). The first-order valence-corrected chi connectivity index (χ1v) is 10.7. The molecular formula is C23H23Cl2NO3. The minimum atomic E-state index is -0.178. The Morgan fingerprint density at radius 1 is 1.17 bits per heavy atom. The molecule has 0 radical (unpaired) electrons. The fraction of sp³-hybridized carbons (Fsp3) is 0.348. The Morgan fingerprint density at radius 2 is 2.00 bits per heavy atom. The second-order valence-electron chi connectivity index (χ2n) is 7.57. The summed E-state index contributed by atoms with van der Waals surface area (Å²) < 4.78 is 5.91. The lowest BCUT2D eigenvalue weighted by Crippen LogP contribution is -2.38. The lowest BCUT2D eigenvalue weighted by atomic mass is 9.98. The Labute approximate surface area is 179 Å². The number of nitrogens with zero attached hydrogens (tertiary/aromatic N) is 1. The number of piperidine rings is 1. The lowest BCUT2D eigenvalue weighted by Gasteiger charge is -2.35. The Hall–Kier alpha value is -2.01. The first-order chi connectivity index (χ1) is 14.0. The summed E-state index contributed by atoms with van der Waals surface area (Å²) in [6.45, 7) is 3.73. The molecule has 1 unspecified atom stereocenters. The minimum Gasteiger partial charge on any atom is -0.507 e. The van der Waals surface area contributed by atoms with Crippen molar-refractivity contribution in [3.05, 3.63) is 62.4 Å². The lowest BCUT2D eigenvalue weighted by molar-refractivity contribution is 0.135. The summed E-state index contributed by atoms with van der Waals surface area (Å²) in [4.78, 5) is 15.6. The molecule has 2 aromatic carbocycles. The van der Waals surface area contributed by atoms with Gasteiger partial charge in [-0.25, -0.2) is 0 Å². The van der Waals surface area contributed by atoms with Crippen molar-refractivity contribution in [1.82, 2.24) is 4.90 Å². The topological polar surface area (TPSA) is 53.7 Å². The predicted molar refractivity (Wildman–Crippen MR) is 118 cm³/mol. The van der Waals surface area contributed by atoms with Crippen molar-refractivity contribution in [1.29, 1.82) is 0 Å². The van der Waals surface area contributed by atoms with E-state index in [0.29, 0.717) is 50.3 Å². The maximum Gasteiger partial charge on any atom is 0.200 e. The number of halogens is 2. The van der Waals surface area contributed by atoms with Crippen molar-refractivity contribution in [3.63, 3.8) is 0 Å². The Bertz CT molecular complexity index is 1110. The van der Waals surface area contributed by atoms with Crippen LogP contribution in [-0.4, -0.2) is 22.6 Å². The van der Waals surface area contributed by atoms with Crippen LogP contribution in [0.3, 0.4) is 0 Å². The fourth-order valence-electron chi connectivity index (χ4n) is 4.23. The largest absolute Gasteiger partial charge is 0.507 e. The number of rotatable bonds is 4. The van der Waals surface area contributed by atoms with Crippen LogP contribution in [0.15, 0.2) is 45.8 Å². The molecule has 3 aromatic rings. The number of hydrogen-bond acceptors (Lipinski definition) is 4. The Kier molecular flexibility index (Phi) is 5.86. The summed E-state index contributed by atoms with van der Waals surface area (Å²) in [7, 11) is 0. The van der Waals surface area contributed by atoms with E-state index in [2.05, 4.69) is 11.8 Å². The van der Waals surface area contributed by atoms with Crippen molar-refractivity contribution in [3.8, 4) is 16.9 Å². The maximum absolute atomic E-state index is 13.2. The highest BCUT2D eigenvalue weighted by Crippen LogP contribution is 2.33. The molecule has 1 aliphatic rings. The highest BCUT2D eigenvalue weighted by Gasteiger charge is 2.24. The van der Waals surface area contributed by atoms with E-state index in [0.717, 1.165) is 25.8 Å². The average Bonchev–Trinajstić information content (AvgIpc) is 2.71. The molecule has 1 fully saturated rings. The summed E-state index contributed by atoms with van der Waals surface area (Å²) in [6, 6.07) is 8.68. The van der Waals surface area contributed by atoms with Gasteiger partial charge in [-0.1, -0.05) is 42.6 Å². The van der Waals surface area contributed by atoms with Crippen LogP contribution < -0.4 is 5.43 Å². The zero-order valence-corrected chi connectivity index (χ0v) is 17.8. The second kappa shape index (κ2) is 8.39. The third-order valence-corrected chi connectivity index (χ3v) is 6.37. The highest BCUT2D eigenvalue weighted by molar-refractivity contribution is 6.36. The number of aromatic hydroxyl groups is 1. The molecule has 1 aliphatic heterocycles. The van der Waals surface area contributed by atoms with E-state index < -0.39 is 0 Å². The van der Waals surface area contributed by atoms with Crippen LogP contribution in [0.2, 0.25) is 10.0 Å². The van der Waals surface area contributed by atoms with Gasteiger partial charge in [0.05, 0.1) is 21.5 Å². The number of fused-ring (bicyclic) bond motifs is 1.